The molecule has 3 aromatic rings. The molecule has 0 aliphatic rings. The number of carbonyl (C=O) groups is 1. The molecule has 3 N–H and O–H groups in total. The fourth-order valence-electron chi connectivity index (χ4n) is 2.32. The van der Waals surface area contributed by atoms with E-state index in [2.05, 4.69) is 15.2 Å². The van der Waals surface area contributed by atoms with Gasteiger partial charge in [-0.15, -0.1) is 10.2 Å². The number of H-pyrrole nitrogens is 1. The van der Waals surface area contributed by atoms with Gasteiger partial charge in [0.2, 0.25) is 0 Å². The quantitative estimate of drug-likeness (QED) is 0.721. The molecule has 0 unspecified atom stereocenters. The summed E-state index contributed by atoms with van der Waals surface area (Å²) < 4.78 is 5.08. The summed E-state index contributed by atoms with van der Waals surface area (Å²) in [5, 5.41) is 9.47. The molecule has 1 aromatic heterocycles. The summed E-state index contributed by atoms with van der Waals surface area (Å²) in [5.74, 6) is 1.42. The molecule has 1 heterocycles. The molecule has 1 amide bonds. The fourth-order valence-corrected chi connectivity index (χ4v) is 2.32. The number of amides is 1. The number of nitrogens with two attached hydrogens (primary N) is 1. The van der Waals surface area contributed by atoms with Crippen LogP contribution in [0.3, 0.4) is 0 Å². The lowest BCUT2D eigenvalue weighted by atomic mass is 10.1. The van der Waals surface area contributed by atoms with E-state index in [-0.39, 0.29) is 12.3 Å². The largest absolute Gasteiger partial charge is 0.497 e. The number of ether oxygens (including phenoxy) is 1. The number of aromatic nitrogens is 1. The normalized spacial score (nSPS) is 11.2. The van der Waals surface area contributed by atoms with Crippen LogP contribution in [-0.4, -0.2) is 18.0 Å². The first-order chi connectivity index (χ1) is 11.2. The summed E-state index contributed by atoms with van der Waals surface area (Å²) in [4.78, 5) is 14.9. The first kappa shape index (κ1) is 14.8. The van der Waals surface area contributed by atoms with Gasteiger partial charge in [0.1, 0.15) is 11.6 Å². The Morgan fingerprint density at radius 2 is 1.83 bits per heavy atom. The van der Waals surface area contributed by atoms with Gasteiger partial charge in [-0.1, -0.05) is 36.4 Å². The van der Waals surface area contributed by atoms with Crippen molar-refractivity contribution < 1.29 is 9.53 Å². The van der Waals surface area contributed by atoms with Crippen LogP contribution in [0.5, 0.6) is 5.75 Å². The number of anilines is 1. The Labute approximate surface area is 133 Å². The third-order valence-electron chi connectivity index (χ3n) is 3.50. The molecule has 2 aromatic carbocycles. The molecule has 0 saturated heterocycles. The number of nitrogen functional groups attached to an aromatic ring is 1. The lowest BCUT2D eigenvalue weighted by Gasteiger charge is -2.00. The Balaban J connectivity index is 1.74. The van der Waals surface area contributed by atoms with Crippen LogP contribution >= 0.6 is 0 Å². The zero-order valence-corrected chi connectivity index (χ0v) is 12.6. The SMILES string of the molecule is COc1ccc(CC(=O)N=Nc2[nH]c(N)c3ccccc23)cc1. The molecule has 0 aliphatic heterocycles. The van der Waals surface area contributed by atoms with Crippen molar-refractivity contribution in [3.05, 3.63) is 54.1 Å². The van der Waals surface area contributed by atoms with E-state index < -0.39 is 0 Å². The predicted molar refractivity (Wildman–Crippen MR) is 88.9 cm³/mol. The standard InChI is InChI=1S/C17H16N4O2/c1-23-12-8-6-11(7-9-12)10-15(22)20-21-17-14-5-3-2-4-13(14)16(18)19-17/h2-9,19H,10,18H2,1H3. The Bertz CT molecular complexity index is 866. The molecule has 0 saturated carbocycles. The number of benzene rings is 2. The molecular weight excluding hydrogens is 292 g/mol. The molecule has 0 fully saturated rings. The van der Waals surface area contributed by atoms with Gasteiger partial charge in [0.05, 0.1) is 13.5 Å². The molecule has 6 heteroatoms. The van der Waals surface area contributed by atoms with Crippen LogP contribution in [-0.2, 0) is 11.2 Å². The number of fused-ring (bicyclic) bond motifs is 1. The Kier molecular flexibility index (Phi) is 4.05. The van der Waals surface area contributed by atoms with E-state index in [1.807, 2.05) is 36.4 Å². The van der Waals surface area contributed by atoms with Crippen molar-refractivity contribution >= 4 is 28.3 Å². The van der Waals surface area contributed by atoms with Crippen LogP contribution < -0.4 is 10.5 Å². The lowest BCUT2D eigenvalue weighted by molar-refractivity contribution is -0.117. The maximum absolute atomic E-state index is 11.9. The zero-order valence-electron chi connectivity index (χ0n) is 12.6. The van der Waals surface area contributed by atoms with Crippen LogP contribution in [0.25, 0.3) is 10.8 Å². The molecule has 6 nitrogen and oxygen atoms in total. The van der Waals surface area contributed by atoms with Gasteiger partial charge in [-0.2, -0.15) is 0 Å². The zero-order chi connectivity index (χ0) is 16.2. The van der Waals surface area contributed by atoms with E-state index in [4.69, 9.17) is 10.5 Å². The second-order valence-electron chi connectivity index (χ2n) is 5.05. The molecular formula is C17H16N4O2. The highest BCUT2D eigenvalue weighted by atomic mass is 16.5. The van der Waals surface area contributed by atoms with Crippen molar-refractivity contribution in [1.29, 1.82) is 0 Å². The second-order valence-corrected chi connectivity index (χ2v) is 5.05. The number of methoxy groups -OCH3 is 1. The number of nitrogens with one attached hydrogen (secondary N) is 1. The number of rotatable bonds is 4. The minimum atomic E-state index is -0.326. The maximum atomic E-state index is 11.9. The van der Waals surface area contributed by atoms with E-state index in [1.54, 1.807) is 19.2 Å². The number of hydrogen-bond donors (Lipinski definition) is 2. The van der Waals surface area contributed by atoms with Crippen molar-refractivity contribution in [3.63, 3.8) is 0 Å². The topological polar surface area (TPSA) is 92.8 Å². The molecule has 116 valence electrons. The van der Waals surface area contributed by atoms with Crippen molar-refractivity contribution in [2.75, 3.05) is 12.8 Å². The van der Waals surface area contributed by atoms with Crippen LogP contribution in [0.4, 0.5) is 11.6 Å². The maximum Gasteiger partial charge on any atom is 0.269 e. The van der Waals surface area contributed by atoms with Gasteiger partial charge in [-0.25, -0.2) is 0 Å². The molecule has 23 heavy (non-hydrogen) atoms. The van der Waals surface area contributed by atoms with Crippen LogP contribution in [0, 0.1) is 0 Å². The Hall–Kier alpha value is -3.15. The van der Waals surface area contributed by atoms with Crippen molar-refractivity contribution in [2.45, 2.75) is 6.42 Å². The first-order valence-corrected chi connectivity index (χ1v) is 7.11. The first-order valence-electron chi connectivity index (χ1n) is 7.11. The highest BCUT2D eigenvalue weighted by molar-refractivity contribution is 5.99. The summed E-state index contributed by atoms with van der Waals surface area (Å²) in [6.45, 7) is 0. The fraction of sp³-hybridized carbons (Fsp3) is 0.118. The van der Waals surface area contributed by atoms with Crippen LogP contribution in [0.2, 0.25) is 0 Å². The number of nitrogens with zero attached hydrogens (tertiary/aromatic N) is 2. The Morgan fingerprint density at radius 3 is 2.52 bits per heavy atom. The molecule has 0 atom stereocenters. The second kappa shape index (κ2) is 6.31. The van der Waals surface area contributed by atoms with Gasteiger partial charge in [0.15, 0.2) is 5.82 Å². The molecule has 3 rings (SSSR count). The summed E-state index contributed by atoms with van der Waals surface area (Å²) >= 11 is 0. The summed E-state index contributed by atoms with van der Waals surface area (Å²) in [7, 11) is 1.60. The van der Waals surface area contributed by atoms with E-state index >= 15 is 0 Å². The van der Waals surface area contributed by atoms with Gasteiger partial charge >= 0.3 is 0 Å². The molecule has 0 radical (unpaired) electrons. The number of hydrogen-bond acceptors (Lipinski definition) is 4. The van der Waals surface area contributed by atoms with Gasteiger partial charge in [-0.3, -0.25) is 4.79 Å². The van der Waals surface area contributed by atoms with Crippen molar-refractivity contribution in [1.82, 2.24) is 4.98 Å². The number of carbonyl (C=O) groups excluding carboxylic acids is 1. The monoisotopic (exact) mass is 308 g/mol. The van der Waals surface area contributed by atoms with E-state index in [9.17, 15) is 4.79 Å². The number of azo groups is 1. The van der Waals surface area contributed by atoms with Crippen LogP contribution in [0.1, 0.15) is 5.56 Å². The van der Waals surface area contributed by atoms with Gasteiger partial charge < -0.3 is 15.5 Å². The minimum Gasteiger partial charge on any atom is -0.497 e. The van der Waals surface area contributed by atoms with Gasteiger partial charge in [0, 0.05) is 10.8 Å². The summed E-state index contributed by atoms with van der Waals surface area (Å²) in [6.07, 6.45) is 0.182. The third kappa shape index (κ3) is 3.21. The number of aromatic amines is 1. The van der Waals surface area contributed by atoms with Gasteiger partial charge in [0.25, 0.3) is 5.91 Å². The smallest absolute Gasteiger partial charge is 0.269 e. The minimum absolute atomic E-state index is 0.182. The average molecular weight is 308 g/mol. The van der Waals surface area contributed by atoms with Gasteiger partial charge in [-0.05, 0) is 17.7 Å². The molecule has 0 spiro atoms. The van der Waals surface area contributed by atoms with E-state index in [1.165, 1.54) is 0 Å². The molecule has 0 aliphatic carbocycles. The molecule has 0 bridgehead atoms. The summed E-state index contributed by atoms with van der Waals surface area (Å²) in [5.41, 5.74) is 6.73. The third-order valence-corrected chi connectivity index (χ3v) is 3.50. The van der Waals surface area contributed by atoms with Crippen LogP contribution in [0.15, 0.2) is 58.8 Å². The van der Waals surface area contributed by atoms with E-state index in [0.29, 0.717) is 11.6 Å². The lowest BCUT2D eigenvalue weighted by Crippen LogP contribution is -1.97. The highest BCUT2D eigenvalue weighted by Crippen LogP contribution is 2.30. The van der Waals surface area contributed by atoms with E-state index in [0.717, 1.165) is 22.1 Å². The summed E-state index contributed by atoms with van der Waals surface area (Å²) in [6, 6.07) is 14.8. The Morgan fingerprint density at radius 1 is 1.13 bits per heavy atom. The highest BCUT2D eigenvalue weighted by Gasteiger charge is 2.08. The predicted octanol–water partition coefficient (Wildman–Crippen LogP) is 3.61. The van der Waals surface area contributed by atoms with Crippen molar-refractivity contribution in [3.8, 4) is 5.75 Å². The van der Waals surface area contributed by atoms with Crippen molar-refractivity contribution in [2.24, 2.45) is 10.2 Å². The average Bonchev–Trinajstić information content (AvgIpc) is 2.90.